The van der Waals surface area contributed by atoms with Crippen molar-refractivity contribution in [3.05, 3.63) is 65.5 Å². The van der Waals surface area contributed by atoms with Gasteiger partial charge in [0.1, 0.15) is 5.82 Å². The van der Waals surface area contributed by atoms with Crippen molar-refractivity contribution in [3.63, 3.8) is 0 Å². The van der Waals surface area contributed by atoms with Crippen molar-refractivity contribution >= 4 is 5.69 Å². The number of nitrogens with zero attached hydrogens (tertiary/aromatic N) is 1. The fraction of sp³-hybridized carbons (Fsp3) is 0.429. The van der Waals surface area contributed by atoms with Gasteiger partial charge in [0.2, 0.25) is 0 Å². The number of hydrogen-bond acceptors (Lipinski definition) is 3. The fourth-order valence-electron chi connectivity index (χ4n) is 4.18. The smallest absolute Gasteiger partial charge is 0.123 e. The first-order chi connectivity index (χ1) is 12.1. The Hall–Kier alpha value is -1.91. The molecule has 2 aromatic carbocycles. The molecule has 25 heavy (non-hydrogen) atoms. The number of fused-ring (bicyclic) bond motifs is 1. The Labute approximate surface area is 148 Å². The summed E-state index contributed by atoms with van der Waals surface area (Å²) in [5.74, 6) is -0.179. The molecule has 2 aliphatic heterocycles. The minimum Gasteiger partial charge on any atom is -0.388 e. The van der Waals surface area contributed by atoms with Crippen molar-refractivity contribution in [3.8, 4) is 0 Å². The SMILES string of the molecule is O[C@@H]1CCC2(CCN(Cc3ccc(F)cc3)CC2)Nc2ccccc21. The highest BCUT2D eigenvalue weighted by atomic mass is 19.1. The van der Waals surface area contributed by atoms with Gasteiger partial charge in [0.25, 0.3) is 0 Å². The summed E-state index contributed by atoms with van der Waals surface area (Å²) in [5.41, 5.74) is 3.34. The fourth-order valence-corrected chi connectivity index (χ4v) is 4.18. The molecule has 4 rings (SSSR count). The summed E-state index contributed by atoms with van der Waals surface area (Å²) in [7, 11) is 0. The summed E-state index contributed by atoms with van der Waals surface area (Å²) in [6.07, 6.45) is 3.56. The minimum absolute atomic E-state index is 0.0763. The van der Waals surface area contributed by atoms with Crippen LogP contribution in [0.4, 0.5) is 10.1 Å². The van der Waals surface area contributed by atoms with Crippen molar-refractivity contribution in [2.24, 2.45) is 0 Å². The van der Waals surface area contributed by atoms with Crippen molar-refractivity contribution in [2.75, 3.05) is 18.4 Å². The Morgan fingerprint density at radius 1 is 1.04 bits per heavy atom. The predicted molar refractivity (Wildman–Crippen MR) is 97.9 cm³/mol. The molecule has 2 heterocycles. The van der Waals surface area contributed by atoms with Crippen LogP contribution in [0, 0.1) is 5.82 Å². The second kappa shape index (κ2) is 6.77. The topological polar surface area (TPSA) is 35.5 Å². The minimum atomic E-state index is -0.375. The third kappa shape index (κ3) is 3.55. The van der Waals surface area contributed by atoms with E-state index in [1.807, 2.05) is 30.3 Å². The van der Waals surface area contributed by atoms with Crippen molar-refractivity contribution < 1.29 is 9.50 Å². The van der Waals surface area contributed by atoms with Gasteiger partial charge in [-0.1, -0.05) is 30.3 Å². The Morgan fingerprint density at radius 3 is 2.52 bits per heavy atom. The monoisotopic (exact) mass is 340 g/mol. The quantitative estimate of drug-likeness (QED) is 0.864. The number of rotatable bonds is 2. The van der Waals surface area contributed by atoms with E-state index in [-0.39, 0.29) is 17.5 Å². The van der Waals surface area contributed by atoms with E-state index >= 15 is 0 Å². The van der Waals surface area contributed by atoms with Crippen molar-refractivity contribution in [1.29, 1.82) is 0 Å². The van der Waals surface area contributed by atoms with Gasteiger partial charge in [0.15, 0.2) is 0 Å². The van der Waals surface area contributed by atoms with Crippen LogP contribution in [-0.2, 0) is 6.54 Å². The van der Waals surface area contributed by atoms with Crippen LogP contribution in [0.15, 0.2) is 48.5 Å². The molecule has 0 amide bonds. The number of likely N-dealkylation sites (tertiary alicyclic amines) is 1. The first-order valence-corrected chi connectivity index (χ1v) is 9.16. The van der Waals surface area contributed by atoms with Gasteiger partial charge in [0, 0.05) is 36.4 Å². The van der Waals surface area contributed by atoms with Gasteiger partial charge in [-0.25, -0.2) is 4.39 Å². The molecule has 1 fully saturated rings. The molecule has 1 saturated heterocycles. The van der Waals surface area contributed by atoms with E-state index in [9.17, 15) is 9.50 Å². The van der Waals surface area contributed by atoms with Crippen LogP contribution in [0.25, 0.3) is 0 Å². The lowest BCUT2D eigenvalue weighted by Gasteiger charge is -2.42. The van der Waals surface area contributed by atoms with Crippen LogP contribution in [0.3, 0.4) is 0 Å². The lowest BCUT2D eigenvalue weighted by molar-refractivity contribution is 0.131. The highest BCUT2D eigenvalue weighted by molar-refractivity contribution is 5.55. The lowest BCUT2D eigenvalue weighted by atomic mass is 9.83. The Balaban J connectivity index is 1.43. The van der Waals surface area contributed by atoms with E-state index in [1.54, 1.807) is 0 Å². The zero-order valence-electron chi connectivity index (χ0n) is 14.4. The van der Waals surface area contributed by atoms with Gasteiger partial charge < -0.3 is 10.4 Å². The zero-order valence-corrected chi connectivity index (χ0v) is 14.4. The summed E-state index contributed by atoms with van der Waals surface area (Å²) in [6, 6.07) is 14.9. The van der Waals surface area contributed by atoms with Gasteiger partial charge in [-0.3, -0.25) is 4.90 Å². The Kier molecular flexibility index (Phi) is 4.48. The van der Waals surface area contributed by atoms with Crippen LogP contribution in [0.2, 0.25) is 0 Å². The van der Waals surface area contributed by atoms with Crippen LogP contribution < -0.4 is 5.32 Å². The van der Waals surface area contributed by atoms with Crippen LogP contribution in [-0.4, -0.2) is 28.6 Å². The van der Waals surface area contributed by atoms with E-state index in [2.05, 4.69) is 16.3 Å². The van der Waals surface area contributed by atoms with Gasteiger partial charge in [-0.2, -0.15) is 0 Å². The lowest BCUT2D eigenvalue weighted by Crippen LogP contribution is -2.48. The second-order valence-corrected chi connectivity index (χ2v) is 7.45. The Bertz CT molecular complexity index is 723. The highest BCUT2D eigenvalue weighted by Gasteiger charge is 2.37. The summed E-state index contributed by atoms with van der Waals surface area (Å²) in [5, 5.41) is 14.2. The van der Waals surface area contributed by atoms with Crippen molar-refractivity contribution in [1.82, 2.24) is 4.90 Å². The molecule has 2 aliphatic rings. The van der Waals surface area contributed by atoms with E-state index < -0.39 is 0 Å². The molecule has 0 radical (unpaired) electrons. The van der Waals surface area contributed by atoms with Crippen LogP contribution in [0.1, 0.15) is 42.9 Å². The summed E-state index contributed by atoms with van der Waals surface area (Å²) < 4.78 is 13.1. The second-order valence-electron chi connectivity index (χ2n) is 7.45. The van der Waals surface area contributed by atoms with E-state index in [4.69, 9.17) is 0 Å². The molecule has 0 unspecified atom stereocenters. The number of aliphatic hydroxyl groups is 1. The number of nitrogens with one attached hydrogen (secondary N) is 1. The number of anilines is 1. The van der Waals surface area contributed by atoms with E-state index in [0.717, 1.165) is 62.1 Å². The van der Waals surface area contributed by atoms with Gasteiger partial charge in [-0.05, 0) is 49.4 Å². The maximum Gasteiger partial charge on any atom is 0.123 e. The average Bonchev–Trinajstić information content (AvgIpc) is 2.77. The normalized spacial score (nSPS) is 22.9. The molecule has 1 atom stereocenters. The molecule has 0 saturated carbocycles. The molecule has 0 aliphatic carbocycles. The molecule has 1 spiro atoms. The molecule has 132 valence electrons. The van der Waals surface area contributed by atoms with Gasteiger partial charge in [-0.15, -0.1) is 0 Å². The van der Waals surface area contributed by atoms with Crippen molar-refractivity contribution in [2.45, 2.75) is 43.9 Å². The van der Waals surface area contributed by atoms with Crippen LogP contribution >= 0.6 is 0 Å². The third-order valence-corrected chi connectivity index (χ3v) is 5.75. The van der Waals surface area contributed by atoms with E-state index in [0.29, 0.717) is 0 Å². The number of para-hydroxylation sites is 1. The summed E-state index contributed by atoms with van der Waals surface area (Å²) in [6.45, 7) is 2.90. The highest BCUT2D eigenvalue weighted by Crippen LogP contribution is 2.40. The molecule has 2 N–H and O–H groups in total. The van der Waals surface area contributed by atoms with Gasteiger partial charge in [0.05, 0.1) is 6.10 Å². The molecule has 4 heteroatoms. The maximum absolute atomic E-state index is 13.1. The average molecular weight is 340 g/mol. The zero-order chi connectivity index (χ0) is 17.3. The largest absolute Gasteiger partial charge is 0.388 e. The molecule has 3 nitrogen and oxygen atoms in total. The maximum atomic E-state index is 13.1. The number of hydrogen-bond donors (Lipinski definition) is 2. The number of aliphatic hydroxyl groups excluding tert-OH is 1. The van der Waals surface area contributed by atoms with E-state index in [1.165, 1.54) is 12.1 Å². The first-order valence-electron chi connectivity index (χ1n) is 9.16. The molecular formula is C21H25FN2O. The number of benzene rings is 2. The van der Waals surface area contributed by atoms with Crippen LogP contribution in [0.5, 0.6) is 0 Å². The molecule has 0 bridgehead atoms. The molecule has 2 aromatic rings. The molecular weight excluding hydrogens is 315 g/mol. The predicted octanol–water partition coefficient (Wildman–Crippen LogP) is 4.10. The number of halogens is 1. The third-order valence-electron chi connectivity index (χ3n) is 5.75. The first kappa shape index (κ1) is 16.6. The Morgan fingerprint density at radius 2 is 1.76 bits per heavy atom. The number of piperidine rings is 1. The molecule has 0 aromatic heterocycles. The summed E-state index contributed by atoms with van der Waals surface area (Å²) in [4.78, 5) is 2.44. The standard InChI is InChI=1S/C21H25FN2O/c22-17-7-5-16(6-8-17)15-24-13-11-21(12-14-24)10-9-20(25)18-3-1-2-4-19(18)23-21/h1-8,20,23,25H,9-15H2/t20-/m1/s1. The van der Waals surface area contributed by atoms with Gasteiger partial charge >= 0.3 is 0 Å². The summed E-state index contributed by atoms with van der Waals surface area (Å²) >= 11 is 0.